The Balaban J connectivity index is 2.79. The third kappa shape index (κ3) is 2.47. The Labute approximate surface area is 73.1 Å². The topological polar surface area (TPSA) is 38.9 Å². The van der Waals surface area contributed by atoms with E-state index in [1.54, 1.807) is 12.4 Å². The Kier molecular flexibility index (Phi) is 3.00. The summed E-state index contributed by atoms with van der Waals surface area (Å²) in [5.41, 5.74) is 8.23. The van der Waals surface area contributed by atoms with Gasteiger partial charge in [0, 0.05) is 18.4 Å². The van der Waals surface area contributed by atoms with Crippen molar-refractivity contribution in [1.29, 1.82) is 0 Å². The van der Waals surface area contributed by atoms with E-state index >= 15 is 0 Å². The van der Waals surface area contributed by atoms with E-state index in [2.05, 4.69) is 4.98 Å². The molecule has 1 unspecified atom stereocenters. The van der Waals surface area contributed by atoms with Crippen LogP contribution in [0.1, 0.15) is 25.5 Å². The first-order chi connectivity index (χ1) is 5.70. The molecule has 1 atom stereocenters. The van der Waals surface area contributed by atoms with E-state index in [0.29, 0.717) is 0 Å². The van der Waals surface area contributed by atoms with Gasteiger partial charge in [-0.15, -0.1) is 0 Å². The van der Waals surface area contributed by atoms with Crippen LogP contribution < -0.4 is 5.73 Å². The maximum atomic E-state index is 5.89. The molecule has 64 valence electrons. The summed E-state index contributed by atoms with van der Waals surface area (Å²) in [7, 11) is 0. The van der Waals surface area contributed by atoms with Gasteiger partial charge in [-0.25, -0.2) is 0 Å². The third-order valence-corrected chi connectivity index (χ3v) is 1.60. The van der Waals surface area contributed by atoms with Crippen molar-refractivity contribution in [2.75, 3.05) is 0 Å². The molecule has 12 heavy (non-hydrogen) atoms. The van der Waals surface area contributed by atoms with Crippen LogP contribution in [0.5, 0.6) is 0 Å². The predicted molar refractivity (Wildman–Crippen MR) is 50.6 cm³/mol. The first-order valence-corrected chi connectivity index (χ1v) is 4.00. The van der Waals surface area contributed by atoms with Gasteiger partial charge in [0.05, 0.1) is 0 Å². The summed E-state index contributed by atoms with van der Waals surface area (Å²) in [4.78, 5) is 3.93. The first kappa shape index (κ1) is 8.94. The van der Waals surface area contributed by atoms with Gasteiger partial charge < -0.3 is 5.73 Å². The van der Waals surface area contributed by atoms with Crippen LogP contribution in [0.25, 0.3) is 0 Å². The maximum Gasteiger partial charge on any atom is 0.0484 e. The van der Waals surface area contributed by atoms with Crippen LogP contribution in [0.4, 0.5) is 0 Å². The highest BCUT2D eigenvalue weighted by Crippen LogP contribution is 2.11. The van der Waals surface area contributed by atoms with E-state index in [9.17, 15) is 0 Å². The van der Waals surface area contributed by atoms with Gasteiger partial charge in [0.15, 0.2) is 0 Å². The van der Waals surface area contributed by atoms with Crippen molar-refractivity contribution < 1.29 is 0 Å². The normalized spacial score (nSPS) is 12.2. The molecule has 0 saturated heterocycles. The summed E-state index contributed by atoms with van der Waals surface area (Å²) >= 11 is 0. The molecule has 1 aromatic heterocycles. The molecule has 2 nitrogen and oxygen atoms in total. The number of aromatic nitrogens is 1. The van der Waals surface area contributed by atoms with Crippen LogP contribution >= 0.6 is 0 Å². The fourth-order valence-corrected chi connectivity index (χ4v) is 1.04. The van der Waals surface area contributed by atoms with Crippen LogP contribution in [0.2, 0.25) is 0 Å². The van der Waals surface area contributed by atoms with Crippen molar-refractivity contribution in [2.45, 2.75) is 19.9 Å². The van der Waals surface area contributed by atoms with Gasteiger partial charge in [-0.1, -0.05) is 11.6 Å². The van der Waals surface area contributed by atoms with Crippen LogP contribution in [-0.4, -0.2) is 4.98 Å². The average Bonchev–Trinajstić information content (AvgIpc) is 2.05. The van der Waals surface area contributed by atoms with Crippen LogP contribution in [0.15, 0.2) is 36.2 Å². The van der Waals surface area contributed by atoms with E-state index in [4.69, 9.17) is 5.73 Å². The van der Waals surface area contributed by atoms with Gasteiger partial charge in [-0.3, -0.25) is 4.98 Å². The lowest BCUT2D eigenvalue weighted by molar-refractivity contribution is 0.895. The summed E-state index contributed by atoms with van der Waals surface area (Å²) in [6, 6.07) is 3.87. The zero-order valence-corrected chi connectivity index (χ0v) is 7.49. The summed E-state index contributed by atoms with van der Waals surface area (Å²) in [5, 5.41) is 0. The molecule has 0 bridgehead atoms. The van der Waals surface area contributed by atoms with Crippen LogP contribution in [-0.2, 0) is 0 Å². The molecule has 0 fully saturated rings. The Morgan fingerprint density at radius 2 is 2.00 bits per heavy atom. The predicted octanol–water partition coefficient (Wildman–Crippen LogP) is 2.05. The van der Waals surface area contributed by atoms with Gasteiger partial charge in [-0.2, -0.15) is 0 Å². The number of allylic oxidation sites excluding steroid dienone is 1. The first-order valence-electron chi connectivity index (χ1n) is 4.00. The highest BCUT2D eigenvalue weighted by molar-refractivity contribution is 5.20. The molecule has 2 N–H and O–H groups in total. The molecule has 0 aromatic carbocycles. The van der Waals surface area contributed by atoms with Crippen LogP contribution in [0, 0.1) is 0 Å². The third-order valence-electron chi connectivity index (χ3n) is 1.60. The van der Waals surface area contributed by atoms with Gasteiger partial charge in [0.1, 0.15) is 0 Å². The van der Waals surface area contributed by atoms with Crippen molar-refractivity contribution in [1.82, 2.24) is 4.98 Å². The Morgan fingerprint density at radius 3 is 2.50 bits per heavy atom. The van der Waals surface area contributed by atoms with Gasteiger partial charge in [-0.05, 0) is 31.5 Å². The van der Waals surface area contributed by atoms with Crippen molar-refractivity contribution in [3.05, 3.63) is 41.7 Å². The maximum absolute atomic E-state index is 5.89. The van der Waals surface area contributed by atoms with Crippen molar-refractivity contribution in [2.24, 2.45) is 5.73 Å². The Hall–Kier alpha value is -1.15. The second kappa shape index (κ2) is 4.02. The number of nitrogens with zero attached hydrogens (tertiary/aromatic N) is 1. The van der Waals surface area contributed by atoms with Crippen LogP contribution in [0.3, 0.4) is 0 Å². The van der Waals surface area contributed by atoms with Gasteiger partial charge in [0.25, 0.3) is 0 Å². The quantitative estimate of drug-likeness (QED) is 0.676. The Morgan fingerprint density at radius 1 is 1.42 bits per heavy atom. The molecule has 0 amide bonds. The summed E-state index contributed by atoms with van der Waals surface area (Å²) < 4.78 is 0. The number of pyridine rings is 1. The van der Waals surface area contributed by atoms with E-state index in [-0.39, 0.29) is 6.04 Å². The second-order valence-corrected chi connectivity index (χ2v) is 3.05. The largest absolute Gasteiger partial charge is 0.321 e. The van der Waals surface area contributed by atoms with Gasteiger partial charge in [0.2, 0.25) is 0 Å². The van der Waals surface area contributed by atoms with Crippen molar-refractivity contribution in [3.8, 4) is 0 Å². The smallest absolute Gasteiger partial charge is 0.0484 e. The number of rotatable bonds is 2. The molecule has 0 saturated carbocycles. The zero-order chi connectivity index (χ0) is 8.97. The molecule has 0 aliphatic rings. The molecule has 0 aliphatic carbocycles. The lowest BCUT2D eigenvalue weighted by atomic mass is 10.1. The minimum atomic E-state index is -0.00185. The van der Waals surface area contributed by atoms with Gasteiger partial charge >= 0.3 is 0 Å². The SMILES string of the molecule is CC(C)=CC(N)c1ccncc1. The molecule has 0 spiro atoms. The molecule has 1 rings (SSSR count). The molecule has 1 heterocycles. The summed E-state index contributed by atoms with van der Waals surface area (Å²) in [5.74, 6) is 0. The highest BCUT2D eigenvalue weighted by Gasteiger charge is 1.99. The molecule has 0 aliphatic heterocycles. The lowest BCUT2D eigenvalue weighted by Gasteiger charge is -2.06. The molecule has 1 aromatic rings. The zero-order valence-electron chi connectivity index (χ0n) is 7.49. The number of hydrogen-bond acceptors (Lipinski definition) is 2. The van der Waals surface area contributed by atoms with E-state index in [1.165, 1.54) is 5.57 Å². The van der Waals surface area contributed by atoms with Crippen molar-refractivity contribution in [3.63, 3.8) is 0 Å². The minimum Gasteiger partial charge on any atom is -0.321 e. The van der Waals surface area contributed by atoms with E-state index < -0.39 is 0 Å². The average molecular weight is 162 g/mol. The summed E-state index contributed by atoms with van der Waals surface area (Å²) in [6.07, 6.45) is 5.55. The van der Waals surface area contributed by atoms with E-state index in [1.807, 2.05) is 32.1 Å². The fraction of sp³-hybridized carbons (Fsp3) is 0.300. The molecular weight excluding hydrogens is 148 g/mol. The highest BCUT2D eigenvalue weighted by atomic mass is 14.6. The standard InChI is InChI=1S/C10H14N2/c1-8(2)7-10(11)9-3-5-12-6-4-9/h3-7,10H,11H2,1-2H3. The number of hydrogen-bond donors (Lipinski definition) is 1. The monoisotopic (exact) mass is 162 g/mol. The van der Waals surface area contributed by atoms with E-state index in [0.717, 1.165) is 5.56 Å². The molecule has 0 radical (unpaired) electrons. The second-order valence-electron chi connectivity index (χ2n) is 3.05. The molecular formula is C10H14N2. The fourth-order valence-electron chi connectivity index (χ4n) is 1.04. The Bertz CT molecular complexity index is 260. The summed E-state index contributed by atoms with van der Waals surface area (Å²) in [6.45, 7) is 4.09. The minimum absolute atomic E-state index is 0.00185. The molecule has 2 heteroatoms. The number of nitrogens with two attached hydrogens (primary N) is 1. The lowest BCUT2D eigenvalue weighted by Crippen LogP contribution is -2.07. The van der Waals surface area contributed by atoms with Crippen molar-refractivity contribution >= 4 is 0 Å².